The van der Waals surface area contributed by atoms with Crippen molar-refractivity contribution in [1.29, 1.82) is 0 Å². The van der Waals surface area contributed by atoms with E-state index in [4.69, 9.17) is 14.5 Å². The standard InChI is InChI=1S/C26H27N5O3S/c1-33-21-8-9-24(28-15-21)34-20-6-4-19(5-7-20)22-17-35-26(29-22)30-25(32)23-3-2-14-31(23)16-18-10-12-27-13-11-18/h2-3,8-15,17,19-20H,4-7,16H2,1H3,(H,29,30,32). The average molecular weight is 490 g/mol. The summed E-state index contributed by atoms with van der Waals surface area (Å²) in [4.78, 5) is 26.0. The van der Waals surface area contributed by atoms with E-state index in [2.05, 4.69) is 20.7 Å². The van der Waals surface area contributed by atoms with Gasteiger partial charge in [0.15, 0.2) is 5.13 Å². The summed E-state index contributed by atoms with van der Waals surface area (Å²) in [5, 5.41) is 5.66. The third-order valence-corrected chi connectivity index (χ3v) is 7.01. The van der Waals surface area contributed by atoms with E-state index in [9.17, 15) is 4.79 Å². The Morgan fingerprint density at radius 3 is 2.71 bits per heavy atom. The van der Waals surface area contributed by atoms with E-state index in [0.717, 1.165) is 42.7 Å². The number of nitrogens with zero attached hydrogens (tertiary/aromatic N) is 4. The maximum atomic E-state index is 12.9. The van der Waals surface area contributed by atoms with Crippen molar-refractivity contribution in [2.75, 3.05) is 12.4 Å². The molecule has 0 radical (unpaired) electrons. The Hall–Kier alpha value is -3.72. The molecule has 5 rings (SSSR count). The fourth-order valence-electron chi connectivity index (χ4n) is 4.34. The van der Waals surface area contributed by atoms with Crippen LogP contribution in [0.25, 0.3) is 0 Å². The molecule has 1 aliphatic rings. The average Bonchev–Trinajstić information content (AvgIpc) is 3.55. The second kappa shape index (κ2) is 10.7. The maximum Gasteiger partial charge on any atom is 0.274 e. The normalized spacial score (nSPS) is 17.6. The minimum Gasteiger partial charge on any atom is -0.495 e. The zero-order valence-electron chi connectivity index (χ0n) is 19.5. The number of anilines is 1. The summed E-state index contributed by atoms with van der Waals surface area (Å²) in [7, 11) is 1.62. The zero-order valence-corrected chi connectivity index (χ0v) is 20.3. The van der Waals surface area contributed by atoms with E-state index in [0.29, 0.717) is 29.2 Å². The number of thiazole rings is 1. The Balaban J connectivity index is 1.15. The Kier molecular flexibility index (Phi) is 7.04. The molecule has 35 heavy (non-hydrogen) atoms. The maximum absolute atomic E-state index is 12.9. The number of carbonyl (C=O) groups is 1. The van der Waals surface area contributed by atoms with Gasteiger partial charge in [0, 0.05) is 42.5 Å². The van der Waals surface area contributed by atoms with Crippen molar-refractivity contribution in [3.63, 3.8) is 0 Å². The summed E-state index contributed by atoms with van der Waals surface area (Å²) < 4.78 is 13.1. The van der Waals surface area contributed by atoms with Gasteiger partial charge in [0.05, 0.1) is 19.0 Å². The van der Waals surface area contributed by atoms with Gasteiger partial charge < -0.3 is 14.0 Å². The monoisotopic (exact) mass is 489 g/mol. The molecule has 180 valence electrons. The largest absolute Gasteiger partial charge is 0.495 e. The van der Waals surface area contributed by atoms with Gasteiger partial charge in [-0.15, -0.1) is 11.3 Å². The molecule has 4 heterocycles. The topological polar surface area (TPSA) is 91.2 Å². The lowest BCUT2D eigenvalue weighted by Gasteiger charge is -2.27. The third-order valence-electron chi connectivity index (χ3n) is 6.23. The minimum atomic E-state index is -0.158. The summed E-state index contributed by atoms with van der Waals surface area (Å²) in [6.45, 7) is 0.610. The van der Waals surface area contributed by atoms with E-state index >= 15 is 0 Å². The summed E-state index contributed by atoms with van der Waals surface area (Å²) in [6, 6.07) is 11.3. The molecule has 1 fully saturated rings. The van der Waals surface area contributed by atoms with Crippen LogP contribution in [0, 0.1) is 0 Å². The summed E-state index contributed by atoms with van der Waals surface area (Å²) in [5.74, 6) is 1.56. The zero-order chi connectivity index (χ0) is 24.0. The van der Waals surface area contributed by atoms with Gasteiger partial charge in [-0.2, -0.15) is 0 Å². The van der Waals surface area contributed by atoms with E-state index in [1.54, 1.807) is 25.7 Å². The first kappa shape index (κ1) is 23.0. The Labute approximate surface area is 208 Å². The molecule has 0 spiro atoms. The first-order chi connectivity index (χ1) is 17.2. The molecule has 1 aliphatic carbocycles. The van der Waals surface area contributed by atoms with Crippen LogP contribution in [0.2, 0.25) is 0 Å². The van der Waals surface area contributed by atoms with Crippen LogP contribution in [0.4, 0.5) is 5.13 Å². The highest BCUT2D eigenvalue weighted by atomic mass is 32.1. The first-order valence-corrected chi connectivity index (χ1v) is 12.5. The Morgan fingerprint density at radius 2 is 1.97 bits per heavy atom. The van der Waals surface area contributed by atoms with Crippen LogP contribution in [0.15, 0.2) is 66.6 Å². The van der Waals surface area contributed by atoms with E-state index in [-0.39, 0.29) is 12.0 Å². The lowest BCUT2D eigenvalue weighted by atomic mass is 9.86. The van der Waals surface area contributed by atoms with Gasteiger partial charge in [-0.1, -0.05) is 0 Å². The number of aromatic nitrogens is 4. The quantitative estimate of drug-likeness (QED) is 0.368. The van der Waals surface area contributed by atoms with Crippen LogP contribution in [-0.2, 0) is 6.54 Å². The van der Waals surface area contributed by atoms with Crippen LogP contribution in [0.3, 0.4) is 0 Å². The Bertz CT molecular complexity index is 1250. The molecule has 4 aromatic rings. The smallest absolute Gasteiger partial charge is 0.274 e. The molecule has 0 bridgehead atoms. The molecule has 1 amide bonds. The summed E-state index contributed by atoms with van der Waals surface area (Å²) in [5.41, 5.74) is 2.73. The van der Waals surface area contributed by atoms with Gasteiger partial charge in [-0.3, -0.25) is 15.1 Å². The number of hydrogen-bond acceptors (Lipinski definition) is 7. The molecular formula is C26H27N5O3S. The highest BCUT2D eigenvalue weighted by Gasteiger charge is 2.26. The predicted molar refractivity (Wildman–Crippen MR) is 134 cm³/mol. The number of rotatable bonds is 8. The van der Waals surface area contributed by atoms with Gasteiger partial charge in [0.2, 0.25) is 5.88 Å². The van der Waals surface area contributed by atoms with E-state index in [1.807, 2.05) is 47.2 Å². The van der Waals surface area contributed by atoms with Crippen molar-refractivity contribution in [3.05, 3.63) is 83.5 Å². The lowest BCUT2D eigenvalue weighted by molar-refractivity contribution is 0.101. The fourth-order valence-corrected chi connectivity index (χ4v) is 5.13. The van der Waals surface area contributed by atoms with Crippen LogP contribution >= 0.6 is 11.3 Å². The van der Waals surface area contributed by atoms with E-state index < -0.39 is 0 Å². The molecule has 0 unspecified atom stereocenters. The number of nitrogens with one attached hydrogen (secondary N) is 1. The van der Waals surface area contributed by atoms with Crippen molar-refractivity contribution < 1.29 is 14.3 Å². The van der Waals surface area contributed by atoms with Gasteiger partial charge in [0.25, 0.3) is 5.91 Å². The van der Waals surface area contributed by atoms with Crippen LogP contribution in [0.5, 0.6) is 11.6 Å². The molecule has 0 atom stereocenters. The fraction of sp³-hybridized carbons (Fsp3) is 0.308. The number of pyridine rings is 2. The second-order valence-electron chi connectivity index (χ2n) is 8.54. The SMILES string of the molecule is COc1ccc(OC2CCC(c3csc(NC(=O)c4cccn4Cc4ccncc4)n3)CC2)nc1. The van der Waals surface area contributed by atoms with Crippen molar-refractivity contribution in [2.45, 2.75) is 44.2 Å². The molecule has 0 aromatic carbocycles. The van der Waals surface area contributed by atoms with Crippen molar-refractivity contribution in [1.82, 2.24) is 19.5 Å². The number of amides is 1. The lowest BCUT2D eigenvalue weighted by Crippen LogP contribution is -2.24. The highest BCUT2D eigenvalue weighted by Crippen LogP contribution is 2.35. The molecule has 0 aliphatic heterocycles. The molecule has 1 N–H and O–H groups in total. The predicted octanol–water partition coefficient (Wildman–Crippen LogP) is 5.15. The minimum absolute atomic E-state index is 0.151. The van der Waals surface area contributed by atoms with Crippen LogP contribution < -0.4 is 14.8 Å². The molecule has 4 aromatic heterocycles. The van der Waals surface area contributed by atoms with E-state index in [1.165, 1.54) is 11.3 Å². The van der Waals surface area contributed by atoms with Crippen LogP contribution in [-0.4, -0.2) is 38.6 Å². The second-order valence-corrected chi connectivity index (χ2v) is 9.39. The van der Waals surface area contributed by atoms with Crippen molar-refractivity contribution in [3.8, 4) is 11.6 Å². The van der Waals surface area contributed by atoms with Crippen molar-refractivity contribution in [2.24, 2.45) is 0 Å². The third kappa shape index (κ3) is 5.68. The molecule has 9 heteroatoms. The first-order valence-electron chi connectivity index (χ1n) is 11.7. The van der Waals surface area contributed by atoms with Gasteiger partial charge >= 0.3 is 0 Å². The van der Waals surface area contributed by atoms with Gasteiger partial charge in [0.1, 0.15) is 17.5 Å². The Morgan fingerprint density at radius 1 is 1.14 bits per heavy atom. The van der Waals surface area contributed by atoms with Gasteiger partial charge in [-0.25, -0.2) is 9.97 Å². The number of hydrogen-bond donors (Lipinski definition) is 1. The summed E-state index contributed by atoms with van der Waals surface area (Å²) >= 11 is 1.47. The number of carbonyl (C=O) groups excluding carboxylic acids is 1. The number of ether oxygens (including phenoxy) is 2. The molecule has 8 nitrogen and oxygen atoms in total. The van der Waals surface area contributed by atoms with Crippen LogP contribution in [0.1, 0.15) is 53.3 Å². The molecule has 0 saturated heterocycles. The molecular weight excluding hydrogens is 462 g/mol. The van der Waals surface area contributed by atoms with Gasteiger partial charge in [-0.05, 0) is 61.6 Å². The molecule has 1 saturated carbocycles. The highest BCUT2D eigenvalue weighted by molar-refractivity contribution is 7.14. The van der Waals surface area contributed by atoms with Crippen molar-refractivity contribution >= 4 is 22.4 Å². The number of methoxy groups -OCH3 is 1. The summed E-state index contributed by atoms with van der Waals surface area (Å²) in [6.07, 6.45) is 11.1.